The molecule has 3 N–H and O–H groups in total. The molecule has 0 radical (unpaired) electrons. The van der Waals surface area contributed by atoms with Gasteiger partial charge < -0.3 is 20.5 Å². The van der Waals surface area contributed by atoms with Crippen LogP contribution in [0.15, 0.2) is 0 Å². The molecule has 0 bridgehead atoms. The Kier molecular flexibility index (Phi) is 4.65. The lowest BCUT2D eigenvalue weighted by Crippen LogP contribution is -2.59. The van der Waals surface area contributed by atoms with Gasteiger partial charge in [0.15, 0.2) is 0 Å². The highest BCUT2D eigenvalue weighted by atomic mass is 16.5. The monoisotopic (exact) mass is 284 g/mol. The first-order chi connectivity index (χ1) is 9.49. The van der Waals surface area contributed by atoms with E-state index in [2.05, 4.69) is 10.6 Å². The molecule has 1 amide bonds. The fourth-order valence-electron chi connectivity index (χ4n) is 2.92. The molecule has 1 atom stereocenters. The van der Waals surface area contributed by atoms with E-state index in [1.165, 1.54) is 0 Å². The van der Waals surface area contributed by atoms with Crippen LogP contribution >= 0.6 is 0 Å². The number of carboxylic acids is 1. The molecule has 0 aromatic carbocycles. The summed E-state index contributed by atoms with van der Waals surface area (Å²) in [4.78, 5) is 23.9. The van der Waals surface area contributed by atoms with Crippen molar-refractivity contribution in [3.8, 4) is 0 Å². The second-order valence-electron chi connectivity index (χ2n) is 6.10. The molecule has 2 heterocycles. The largest absolute Gasteiger partial charge is 0.481 e. The molecule has 114 valence electrons. The van der Waals surface area contributed by atoms with Gasteiger partial charge in [0.1, 0.15) is 0 Å². The van der Waals surface area contributed by atoms with E-state index in [9.17, 15) is 14.7 Å². The predicted molar refractivity (Wildman–Crippen MR) is 73.4 cm³/mol. The first-order valence-corrected chi connectivity index (χ1v) is 7.33. The molecule has 2 aliphatic rings. The molecule has 2 rings (SSSR count). The fraction of sp³-hybridized carbons (Fsp3) is 0.857. The zero-order valence-electron chi connectivity index (χ0n) is 12.0. The van der Waals surface area contributed by atoms with Crippen LogP contribution in [0, 0.1) is 5.41 Å². The summed E-state index contributed by atoms with van der Waals surface area (Å²) in [5.74, 6) is -0.938. The molecule has 1 unspecified atom stereocenters. The molecule has 2 aliphatic heterocycles. The Labute approximate surface area is 119 Å². The summed E-state index contributed by atoms with van der Waals surface area (Å²) in [6, 6.07) is 0. The van der Waals surface area contributed by atoms with Crippen molar-refractivity contribution in [1.82, 2.24) is 10.6 Å². The molecule has 6 nitrogen and oxygen atoms in total. The van der Waals surface area contributed by atoms with Crippen LogP contribution in [0.25, 0.3) is 0 Å². The van der Waals surface area contributed by atoms with Crippen LogP contribution < -0.4 is 10.6 Å². The topological polar surface area (TPSA) is 87.7 Å². The van der Waals surface area contributed by atoms with Gasteiger partial charge in [-0.2, -0.15) is 0 Å². The summed E-state index contributed by atoms with van der Waals surface area (Å²) in [5, 5.41) is 15.5. The lowest BCUT2D eigenvalue weighted by molar-refractivity contribution is -0.155. The van der Waals surface area contributed by atoms with Gasteiger partial charge in [-0.25, -0.2) is 0 Å². The second kappa shape index (κ2) is 6.10. The fourth-order valence-corrected chi connectivity index (χ4v) is 2.92. The zero-order chi connectivity index (χ0) is 14.6. The van der Waals surface area contributed by atoms with Crippen molar-refractivity contribution in [3.05, 3.63) is 0 Å². The normalized spacial score (nSPS) is 29.6. The number of rotatable bonds is 4. The summed E-state index contributed by atoms with van der Waals surface area (Å²) in [6.07, 6.45) is 3.80. The van der Waals surface area contributed by atoms with Crippen LogP contribution in [0.4, 0.5) is 0 Å². The van der Waals surface area contributed by atoms with Gasteiger partial charge in [-0.15, -0.1) is 0 Å². The van der Waals surface area contributed by atoms with Gasteiger partial charge in [0, 0.05) is 19.8 Å². The van der Waals surface area contributed by atoms with E-state index in [1.807, 2.05) is 6.92 Å². The highest BCUT2D eigenvalue weighted by Gasteiger charge is 2.42. The SMILES string of the molecule is CC1(C(=O)NCC2(C(=O)O)CCOCC2)CCCCN1. The summed E-state index contributed by atoms with van der Waals surface area (Å²) < 4.78 is 5.23. The highest BCUT2D eigenvalue weighted by Crippen LogP contribution is 2.30. The highest BCUT2D eigenvalue weighted by molar-refractivity contribution is 5.86. The Morgan fingerprint density at radius 1 is 1.25 bits per heavy atom. The number of ether oxygens (including phenoxy) is 1. The molecule has 2 saturated heterocycles. The Balaban J connectivity index is 1.95. The molecule has 20 heavy (non-hydrogen) atoms. The molecule has 6 heteroatoms. The molecule has 0 saturated carbocycles. The van der Waals surface area contributed by atoms with Gasteiger partial charge in [-0.1, -0.05) is 0 Å². The Morgan fingerprint density at radius 3 is 2.50 bits per heavy atom. The van der Waals surface area contributed by atoms with Crippen molar-refractivity contribution in [2.75, 3.05) is 26.3 Å². The van der Waals surface area contributed by atoms with E-state index in [4.69, 9.17) is 4.74 Å². The van der Waals surface area contributed by atoms with Crippen molar-refractivity contribution in [2.45, 2.75) is 44.6 Å². The van der Waals surface area contributed by atoms with E-state index < -0.39 is 16.9 Å². The van der Waals surface area contributed by atoms with Crippen LogP contribution in [0.5, 0.6) is 0 Å². The Hall–Kier alpha value is -1.14. The number of amides is 1. The number of carbonyl (C=O) groups is 2. The molecule has 0 aromatic rings. The first kappa shape index (κ1) is 15.3. The van der Waals surface area contributed by atoms with Gasteiger partial charge in [0.2, 0.25) is 5.91 Å². The van der Waals surface area contributed by atoms with Gasteiger partial charge in [0.25, 0.3) is 0 Å². The van der Waals surface area contributed by atoms with Gasteiger partial charge >= 0.3 is 5.97 Å². The van der Waals surface area contributed by atoms with Gasteiger partial charge in [0.05, 0.1) is 11.0 Å². The molecular formula is C14H24N2O4. The van der Waals surface area contributed by atoms with E-state index in [1.54, 1.807) is 0 Å². The van der Waals surface area contributed by atoms with E-state index in [0.717, 1.165) is 25.8 Å². The molecule has 0 spiro atoms. The summed E-state index contributed by atoms with van der Waals surface area (Å²) in [7, 11) is 0. The lowest BCUT2D eigenvalue weighted by Gasteiger charge is -2.37. The summed E-state index contributed by atoms with van der Waals surface area (Å²) >= 11 is 0. The van der Waals surface area contributed by atoms with Crippen LogP contribution in [-0.2, 0) is 14.3 Å². The number of hydrogen-bond donors (Lipinski definition) is 3. The number of hydrogen-bond acceptors (Lipinski definition) is 4. The van der Waals surface area contributed by atoms with Crippen molar-refractivity contribution >= 4 is 11.9 Å². The maximum atomic E-state index is 12.3. The Morgan fingerprint density at radius 2 is 1.95 bits per heavy atom. The minimum absolute atomic E-state index is 0.0932. The van der Waals surface area contributed by atoms with Gasteiger partial charge in [-0.3, -0.25) is 9.59 Å². The number of piperidine rings is 1. The quantitative estimate of drug-likeness (QED) is 0.700. The van der Waals surface area contributed by atoms with Crippen LogP contribution in [0.3, 0.4) is 0 Å². The number of aliphatic carboxylic acids is 1. The van der Waals surface area contributed by atoms with Crippen LogP contribution in [0.1, 0.15) is 39.0 Å². The maximum absolute atomic E-state index is 12.3. The number of carboxylic acid groups (broad SMARTS) is 1. The minimum atomic E-state index is -0.876. The number of carbonyl (C=O) groups excluding carboxylic acids is 1. The summed E-state index contributed by atoms with van der Waals surface area (Å²) in [6.45, 7) is 3.79. The average Bonchev–Trinajstić information content (AvgIpc) is 2.46. The molecule has 0 aliphatic carbocycles. The van der Waals surface area contributed by atoms with E-state index in [0.29, 0.717) is 26.1 Å². The van der Waals surface area contributed by atoms with Crippen molar-refractivity contribution < 1.29 is 19.4 Å². The second-order valence-corrected chi connectivity index (χ2v) is 6.10. The van der Waals surface area contributed by atoms with Crippen molar-refractivity contribution in [2.24, 2.45) is 5.41 Å². The lowest BCUT2D eigenvalue weighted by atomic mass is 9.80. The van der Waals surface area contributed by atoms with E-state index >= 15 is 0 Å². The minimum Gasteiger partial charge on any atom is -0.481 e. The maximum Gasteiger partial charge on any atom is 0.311 e. The Bertz CT molecular complexity index is 371. The molecule has 2 fully saturated rings. The van der Waals surface area contributed by atoms with Crippen molar-refractivity contribution in [3.63, 3.8) is 0 Å². The molecular weight excluding hydrogens is 260 g/mol. The third-order valence-corrected chi connectivity index (χ3v) is 4.61. The van der Waals surface area contributed by atoms with Crippen LogP contribution in [-0.4, -0.2) is 48.8 Å². The predicted octanol–water partition coefficient (Wildman–Crippen LogP) is 0.516. The smallest absolute Gasteiger partial charge is 0.311 e. The number of nitrogens with one attached hydrogen (secondary N) is 2. The molecule has 0 aromatic heterocycles. The average molecular weight is 284 g/mol. The first-order valence-electron chi connectivity index (χ1n) is 7.33. The standard InChI is InChI=1S/C14H24N2O4/c1-13(4-2-3-7-16-13)11(17)15-10-14(12(18)19)5-8-20-9-6-14/h16H,2-10H2,1H3,(H,15,17)(H,18,19). The van der Waals surface area contributed by atoms with Crippen molar-refractivity contribution in [1.29, 1.82) is 0 Å². The van der Waals surface area contributed by atoms with Gasteiger partial charge in [-0.05, 0) is 45.6 Å². The van der Waals surface area contributed by atoms with E-state index in [-0.39, 0.29) is 12.5 Å². The van der Waals surface area contributed by atoms with Crippen LogP contribution in [0.2, 0.25) is 0 Å². The third kappa shape index (κ3) is 3.12. The zero-order valence-corrected chi connectivity index (χ0v) is 12.0. The third-order valence-electron chi connectivity index (χ3n) is 4.61. The summed E-state index contributed by atoms with van der Waals surface area (Å²) in [5.41, 5.74) is -1.44.